The molecule has 0 fully saturated rings. The van der Waals surface area contributed by atoms with Crippen molar-refractivity contribution in [3.63, 3.8) is 0 Å². The zero-order valence-corrected chi connectivity index (χ0v) is 82.0. The number of aliphatic carboxylic acids is 4. The van der Waals surface area contributed by atoms with Crippen LogP contribution in [0.2, 0.25) is 0 Å². The number of carboxylic acid groups (broad SMARTS) is 4. The Bertz CT molecular complexity index is 4490. The Morgan fingerprint density at radius 2 is 0.460 bits per heavy atom. The van der Waals surface area contributed by atoms with Gasteiger partial charge in [0.05, 0.1) is 42.1 Å². The van der Waals surface area contributed by atoms with Gasteiger partial charge in [-0.3, -0.25) is 91.1 Å². The summed E-state index contributed by atoms with van der Waals surface area (Å²) in [6.45, 7) is 26.0. The van der Waals surface area contributed by atoms with Crippen molar-refractivity contribution in [1.29, 1.82) is 0 Å². The first-order chi connectivity index (χ1) is 65.3. The second kappa shape index (κ2) is 62.0. The molecule has 0 radical (unpaired) electrons. The number of hydrogen-bond donors (Lipinski definition) is 26. The van der Waals surface area contributed by atoms with E-state index in [2.05, 4.69) is 115 Å². The van der Waals surface area contributed by atoms with E-state index in [1.807, 2.05) is 27.7 Å². The molecule has 17 atom stereocenters. The fraction of sp³-hybridized carbons (Fsp3) is 0.678. The molecular formula is C90H149N25O24. The van der Waals surface area contributed by atoms with Crippen LogP contribution in [-0.4, -0.2) is 285 Å². The van der Waals surface area contributed by atoms with Gasteiger partial charge in [0.2, 0.25) is 94.5 Å². The number of nitrogens with two attached hydrogens (primary N) is 3. The average molecular weight is 1970 g/mol. The number of carbonyl (C=O) groups is 20. The van der Waals surface area contributed by atoms with Gasteiger partial charge in [-0.05, 0) is 166 Å². The summed E-state index contributed by atoms with van der Waals surface area (Å²) in [5.74, 6) is -21.9. The van der Waals surface area contributed by atoms with Crippen LogP contribution in [0.5, 0.6) is 0 Å². The van der Waals surface area contributed by atoms with E-state index < -0.39 is 279 Å². The van der Waals surface area contributed by atoms with Crippen LogP contribution in [0.25, 0.3) is 0 Å². The lowest BCUT2D eigenvalue weighted by Crippen LogP contribution is -2.61. The molecule has 49 nitrogen and oxygen atoms in total. The van der Waals surface area contributed by atoms with Crippen molar-refractivity contribution in [2.45, 2.75) is 341 Å². The maximum atomic E-state index is 14.8. The smallest absolute Gasteiger partial charge is 0.326 e. The number of unbranched alkanes of at least 4 members (excludes halogenated alkanes) is 2. The minimum Gasteiger partial charge on any atom is -0.481 e. The zero-order valence-electron chi connectivity index (χ0n) is 82.0. The Kier molecular flexibility index (Phi) is 53.5. The topological polar surface area (TPSA) is 779 Å². The summed E-state index contributed by atoms with van der Waals surface area (Å²) in [7, 11) is 0. The summed E-state index contributed by atoms with van der Waals surface area (Å²) >= 11 is 0. The summed E-state index contributed by atoms with van der Waals surface area (Å²) in [6, 6.07) is -24.8. The van der Waals surface area contributed by atoms with Crippen molar-refractivity contribution >= 4 is 118 Å². The molecule has 0 aromatic carbocycles. The van der Waals surface area contributed by atoms with Crippen molar-refractivity contribution in [2.24, 2.45) is 52.7 Å². The minimum atomic E-state index is -1.87. The molecule has 0 aliphatic rings. The number of rotatable bonds is 68. The highest BCUT2D eigenvalue weighted by molar-refractivity contribution is 6.01. The van der Waals surface area contributed by atoms with Crippen LogP contribution < -0.4 is 102 Å². The molecule has 0 unspecified atom stereocenters. The van der Waals surface area contributed by atoms with Gasteiger partial charge >= 0.3 is 23.9 Å². The Hall–Kier alpha value is -13.1. The van der Waals surface area contributed by atoms with E-state index in [1.165, 1.54) is 58.3 Å². The molecule has 0 spiro atoms. The molecule has 778 valence electrons. The molecule has 49 heteroatoms. The van der Waals surface area contributed by atoms with Crippen molar-refractivity contribution in [2.75, 3.05) is 13.1 Å². The van der Waals surface area contributed by atoms with Gasteiger partial charge in [-0.2, -0.15) is 0 Å². The van der Waals surface area contributed by atoms with E-state index in [0.717, 1.165) is 0 Å². The van der Waals surface area contributed by atoms with Crippen molar-refractivity contribution in [1.82, 2.24) is 115 Å². The molecule has 3 heterocycles. The molecule has 0 saturated heterocycles. The Morgan fingerprint density at radius 3 is 0.691 bits per heavy atom. The summed E-state index contributed by atoms with van der Waals surface area (Å²) in [6.07, 6.45) is 4.05. The van der Waals surface area contributed by atoms with Crippen LogP contribution in [0.1, 0.15) is 237 Å². The molecule has 3 rings (SSSR count). The molecule has 16 amide bonds. The standard InChI is InChI=1S/C90H149N25O24/c1-45(2)30-57(93)77(125)100-51(13)74(122)108-65(33-48(7)8)84(132)103-58(20-16-18-28-91)78(126)111-63(31-46(3)4)82(130)101-52(14)75(123)109-66(34-49(9)10)85(133)104-59(21-17-19-29-92)79(127)112-64(32-47(5)6)83(131)102-53(15)76(124)110-67(35-50(11)12)86(134)115-69(37-55-40-95-43-98-55)88(136)106-60(22-25-71(116)117)80(128)113-68(36-54-39-94-42-97-54)87(135)105-61(23-26-72(118)119)81(129)114-70(38-56-41-96-44-99-56)89(137)107-62(90(138)139)24-27-73(120)121/h39-53,57-70H,16-38,91-93H2,1-15H3,(H,94,97)(H,95,98)(H,96,99)(H,100,125)(H,101,130)(H,102,131)(H,103,132)(H,104,133)(H,105,135)(H,106,136)(H,107,137)(H,108,122)(H,109,123)(H,110,124)(H,111,126)(H,112,127)(H,113,128)(H,114,129)(H,115,134)(H,116,117)(H,118,119)(H,120,121)(H,138,139)/t51-,52-,53-,57-,58-,59-,60-,61-,62-,63-,64-,65-,66-,67-,68-,69-,70-/m0/s1. The van der Waals surface area contributed by atoms with Gasteiger partial charge < -0.3 is 138 Å². The van der Waals surface area contributed by atoms with Gasteiger partial charge in [-0.15, -0.1) is 0 Å². The summed E-state index contributed by atoms with van der Waals surface area (Å²) in [5.41, 5.74) is 18.2. The van der Waals surface area contributed by atoms with Gasteiger partial charge in [0, 0.05) is 57.1 Å². The van der Waals surface area contributed by atoms with Crippen LogP contribution in [0.4, 0.5) is 0 Å². The third-order valence-corrected chi connectivity index (χ3v) is 21.8. The highest BCUT2D eigenvalue weighted by Gasteiger charge is 2.40. The Morgan fingerprint density at radius 1 is 0.259 bits per heavy atom. The highest BCUT2D eigenvalue weighted by Crippen LogP contribution is 2.18. The van der Waals surface area contributed by atoms with E-state index in [4.69, 9.17) is 17.2 Å². The van der Waals surface area contributed by atoms with Gasteiger partial charge in [-0.1, -0.05) is 83.1 Å². The van der Waals surface area contributed by atoms with Gasteiger partial charge in [0.1, 0.15) is 96.7 Å². The van der Waals surface area contributed by atoms with Crippen LogP contribution >= 0.6 is 0 Å². The molecular weight excluding hydrogens is 1820 g/mol. The predicted octanol–water partition coefficient (Wildman–Crippen LogP) is -2.76. The van der Waals surface area contributed by atoms with E-state index in [1.54, 1.807) is 55.4 Å². The van der Waals surface area contributed by atoms with E-state index in [-0.39, 0.29) is 117 Å². The lowest BCUT2D eigenvalue weighted by molar-refractivity contribution is -0.143. The monoisotopic (exact) mass is 1960 g/mol. The van der Waals surface area contributed by atoms with Gasteiger partial charge in [-0.25, -0.2) is 19.7 Å². The normalized spacial score (nSPS) is 15.1. The van der Waals surface area contributed by atoms with Gasteiger partial charge in [0.25, 0.3) is 0 Å². The number of carbonyl (C=O) groups excluding carboxylic acids is 16. The molecule has 0 saturated carbocycles. The van der Waals surface area contributed by atoms with Crippen LogP contribution in [0.3, 0.4) is 0 Å². The highest BCUT2D eigenvalue weighted by atomic mass is 16.4. The van der Waals surface area contributed by atoms with Gasteiger partial charge in [0.15, 0.2) is 0 Å². The predicted molar refractivity (Wildman–Crippen MR) is 504 cm³/mol. The van der Waals surface area contributed by atoms with Crippen molar-refractivity contribution < 1.29 is 116 Å². The van der Waals surface area contributed by atoms with Crippen molar-refractivity contribution in [3.05, 3.63) is 54.7 Å². The van der Waals surface area contributed by atoms with E-state index >= 15 is 0 Å². The number of nitrogens with one attached hydrogen (secondary N) is 19. The molecule has 0 aliphatic carbocycles. The number of amides is 16. The molecule has 139 heavy (non-hydrogen) atoms. The van der Waals surface area contributed by atoms with E-state index in [0.29, 0.717) is 25.7 Å². The second-order valence-corrected chi connectivity index (χ2v) is 37.4. The number of imidazole rings is 3. The van der Waals surface area contributed by atoms with Crippen LogP contribution in [0, 0.1) is 35.5 Å². The first kappa shape index (κ1) is 120. The SMILES string of the molecule is CC(C)C[C@H](NC(=O)[C@H](C)NC(=O)[C@@H](N)CC(C)C)C(=O)N[C@@H](CCCCN)C(=O)N[C@@H](CC(C)C)C(=O)N[C@@H](C)C(=O)N[C@@H](CC(C)C)C(=O)N[C@@H](CCCCN)C(=O)N[C@@H](CC(C)C)C(=O)N[C@@H](C)C(=O)N[C@@H](CC(C)C)C(=O)N[C@@H](Cc1c[nH]cn1)C(=O)N[C@@H](CCC(=O)O)C(=O)N[C@@H](Cc1c[nH]cn1)C(=O)N[C@@H](CCC(=O)O)C(=O)N[C@@H](Cc1c[nH]cn1)C(=O)N[C@@H](CCC(=O)O)C(=O)O. The Balaban J connectivity index is 1.91. The Labute approximate surface area is 808 Å². The molecule has 0 aliphatic heterocycles. The summed E-state index contributed by atoms with van der Waals surface area (Å²) in [5, 5.41) is 79.9. The maximum absolute atomic E-state index is 14.8. The first-order valence-electron chi connectivity index (χ1n) is 47.1. The molecule has 3 aromatic rings. The zero-order chi connectivity index (χ0) is 105. The second-order valence-electron chi connectivity index (χ2n) is 37.4. The largest absolute Gasteiger partial charge is 0.481 e. The fourth-order valence-corrected chi connectivity index (χ4v) is 14.5. The number of aromatic amines is 3. The summed E-state index contributed by atoms with van der Waals surface area (Å²) < 4.78 is 0. The first-order valence-corrected chi connectivity index (χ1v) is 47.1. The molecule has 3 aromatic heterocycles. The third kappa shape index (κ3) is 46.7. The fourth-order valence-electron chi connectivity index (χ4n) is 14.5. The number of hydrogen-bond acceptors (Lipinski definition) is 26. The number of carboxylic acids is 4. The lowest BCUT2D eigenvalue weighted by atomic mass is 9.99. The molecule has 0 bridgehead atoms. The number of H-pyrrole nitrogens is 3. The summed E-state index contributed by atoms with van der Waals surface area (Å²) in [4.78, 5) is 297. The number of aromatic nitrogens is 6. The van der Waals surface area contributed by atoms with E-state index in [9.17, 15) is 116 Å². The van der Waals surface area contributed by atoms with Crippen molar-refractivity contribution in [3.8, 4) is 0 Å². The number of nitrogens with zero attached hydrogens (tertiary/aromatic N) is 3. The maximum Gasteiger partial charge on any atom is 0.326 e. The quantitative estimate of drug-likeness (QED) is 0.0255. The lowest BCUT2D eigenvalue weighted by Gasteiger charge is -2.29. The average Bonchev–Trinajstić information content (AvgIpc) is 1.72. The minimum absolute atomic E-state index is 0.00627. The van der Waals surface area contributed by atoms with Crippen LogP contribution in [-0.2, 0) is 115 Å². The third-order valence-electron chi connectivity index (χ3n) is 21.8. The van der Waals surface area contributed by atoms with Crippen LogP contribution in [0.15, 0.2) is 37.6 Å². The molecule has 29 N–H and O–H groups in total.